The van der Waals surface area contributed by atoms with Gasteiger partial charge < -0.3 is 14.2 Å². The Morgan fingerprint density at radius 2 is 1.75 bits per heavy atom. The molecule has 2 aromatic carbocycles. The first-order valence-corrected chi connectivity index (χ1v) is 10.5. The van der Waals surface area contributed by atoms with E-state index in [0.717, 1.165) is 23.5 Å². The molecule has 1 atom stereocenters. The number of benzene rings is 2. The Morgan fingerprint density at radius 3 is 2.41 bits per heavy atom. The molecule has 1 N–H and O–H groups in total. The van der Waals surface area contributed by atoms with Crippen LogP contribution in [0.3, 0.4) is 0 Å². The number of hydrogen-bond donors (Lipinski definition) is 1. The van der Waals surface area contributed by atoms with Crippen molar-refractivity contribution >= 4 is 28.3 Å². The number of amides is 1. The van der Waals surface area contributed by atoms with Crippen LogP contribution in [0.15, 0.2) is 47.8 Å². The molecule has 0 radical (unpaired) electrons. The zero-order valence-electron chi connectivity index (χ0n) is 17.3. The van der Waals surface area contributed by atoms with Crippen molar-refractivity contribution in [2.24, 2.45) is 0 Å². The van der Waals surface area contributed by atoms with E-state index in [0.29, 0.717) is 29.4 Å². The molecule has 32 heavy (non-hydrogen) atoms. The molecule has 0 aliphatic rings. The lowest BCUT2D eigenvalue weighted by atomic mass is 10.2. The normalized spacial score (nSPS) is 11.5. The number of esters is 1. The number of halogens is 2. The molecule has 7 nitrogen and oxygen atoms in total. The Kier molecular flexibility index (Phi) is 7.72. The van der Waals surface area contributed by atoms with E-state index < -0.39 is 29.6 Å². The SMILES string of the molecule is CCOc1ccc(OCC(=O)O[C@H](C)C(=O)Nc2nc(-c3ccc(F)c(F)c3)cs2)cc1. The third kappa shape index (κ3) is 6.24. The van der Waals surface area contributed by atoms with Crippen molar-refractivity contribution in [2.45, 2.75) is 20.0 Å². The molecule has 168 valence electrons. The minimum Gasteiger partial charge on any atom is -0.494 e. The van der Waals surface area contributed by atoms with Gasteiger partial charge in [0, 0.05) is 10.9 Å². The Morgan fingerprint density at radius 1 is 1.06 bits per heavy atom. The molecule has 0 saturated heterocycles. The molecular weight excluding hydrogens is 442 g/mol. The first-order valence-electron chi connectivity index (χ1n) is 9.62. The summed E-state index contributed by atoms with van der Waals surface area (Å²) in [5, 5.41) is 4.34. The summed E-state index contributed by atoms with van der Waals surface area (Å²) in [4.78, 5) is 28.4. The van der Waals surface area contributed by atoms with Crippen LogP contribution in [0.4, 0.5) is 13.9 Å². The Labute approximate surface area is 187 Å². The molecule has 0 saturated carbocycles. The minimum absolute atomic E-state index is 0.225. The van der Waals surface area contributed by atoms with Crippen LogP contribution in [0.1, 0.15) is 13.8 Å². The number of hydrogen-bond acceptors (Lipinski definition) is 7. The summed E-state index contributed by atoms with van der Waals surface area (Å²) in [5.41, 5.74) is 0.740. The van der Waals surface area contributed by atoms with E-state index in [1.807, 2.05) is 6.92 Å². The second kappa shape index (κ2) is 10.7. The van der Waals surface area contributed by atoms with Gasteiger partial charge in [0.05, 0.1) is 12.3 Å². The van der Waals surface area contributed by atoms with Crippen LogP contribution in [-0.4, -0.2) is 36.2 Å². The lowest BCUT2D eigenvalue weighted by Crippen LogP contribution is -2.31. The quantitative estimate of drug-likeness (QED) is 0.473. The molecule has 3 aromatic rings. The topological polar surface area (TPSA) is 86.8 Å². The summed E-state index contributed by atoms with van der Waals surface area (Å²) in [6.07, 6.45) is -1.10. The highest BCUT2D eigenvalue weighted by Crippen LogP contribution is 2.26. The molecule has 1 amide bonds. The highest BCUT2D eigenvalue weighted by atomic mass is 32.1. The zero-order chi connectivity index (χ0) is 23.1. The van der Waals surface area contributed by atoms with Crippen LogP contribution >= 0.6 is 11.3 Å². The van der Waals surface area contributed by atoms with Crippen molar-refractivity contribution in [1.29, 1.82) is 0 Å². The average Bonchev–Trinajstić information content (AvgIpc) is 3.24. The summed E-state index contributed by atoms with van der Waals surface area (Å²) >= 11 is 1.10. The van der Waals surface area contributed by atoms with Gasteiger partial charge in [-0.15, -0.1) is 11.3 Å². The third-order valence-corrected chi connectivity index (χ3v) is 4.88. The van der Waals surface area contributed by atoms with Gasteiger partial charge in [-0.3, -0.25) is 10.1 Å². The van der Waals surface area contributed by atoms with E-state index in [2.05, 4.69) is 10.3 Å². The fraction of sp³-hybridized carbons (Fsp3) is 0.227. The minimum atomic E-state index is -1.10. The van der Waals surface area contributed by atoms with Crippen molar-refractivity contribution in [1.82, 2.24) is 4.98 Å². The molecule has 0 unspecified atom stereocenters. The van der Waals surface area contributed by atoms with E-state index in [1.165, 1.54) is 13.0 Å². The van der Waals surface area contributed by atoms with Gasteiger partial charge in [0.2, 0.25) is 0 Å². The van der Waals surface area contributed by atoms with Crippen LogP contribution in [0.2, 0.25) is 0 Å². The van der Waals surface area contributed by atoms with Gasteiger partial charge in [0.25, 0.3) is 5.91 Å². The standard InChI is InChI=1S/C22H20F2N2O5S/c1-3-29-15-5-7-16(8-6-15)30-11-20(27)31-13(2)21(28)26-22-25-19(12-32-22)14-4-9-17(23)18(24)10-14/h4-10,12-13H,3,11H2,1-2H3,(H,25,26,28)/t13-/m1/s1. The summed E-state index contributed by atoms with van der Waals surface area (Å²) in [7, 11) is 0. The Bertz CT molecular complexity index is 1090. The number of ether oxygens (including phenoxy) is 3. The van der Waals surface area contributed by atoms with Gasteiger partial charge in [-0.05, 0) is 56.3 Å². The number of anilines is 1. The second-order valence-corrected chi connectivity index (χ2v) is 7.34. The second-order valence-electron chi connectivity index (χ2n) is 6.48. The first kappa shape index (κ1) is 23.1. The van der Waals surface area contributed by atoms with E-state index >= 15 is 0 Å². The van der Waals surface area contributed by atoms with Crippen LogP contribution in [0.5, 0.6) is 11.5 Å². The monoisotopic (exact) mass is 462 g/mol. The number of nitrogens with zero attached hydrogens (tertiary/aromatic N) is 1. The number of carbonyl (C=O) groups excluding carboxylic acids is 2. The summed E-state index contributed by atoms with van der Waals surface area (Å²) in [5.74, 6) is -2.12. The molecule has 0 spiro atoms. The summed E-state index contributed by atoms with van der Waals surface area (Å²) < 4.78 is 42.2. The van der Waals surface area contributed by atoms with Crippen molar-refractivity contribution < 1.29 is 32.6 Å². The van der Waals surface area contributed by atoms with Gasteiger partial charge in [-0.25, -0.2) is 18.6 Å². The van der Waals surface area contributed by atoms with Crippen LogP contribution < -0.4 is 14.8 Å². The molecule has 0 aliphatic carbocycles. The maximum Gasteiger partial charge on any atom is 0.344 e. The molecule has 0 bridgehead atoms. The van der Waals surface area contributed by atoms with Crippen LogP contribution in [0.25, 0.3) is 11.3 Å². The molecule has 0 fully saturated rings. The largest absolute Gasteiger partial charge is 0.494 e. The number of thiazole rings is 1. The molecule has 1 heterocycles. The summed E-state index contributed by atoms with van der Waals surface area (Å²) in [6, 6.07) is 10.1. The third-order valence-electron chi connectivity index (χ3n) is 4.12. The smallest absolute Gasteiger partial charge is 0.344 e. The van der Waals surface area contributed by atoms with Gasteiger partial charge in [0.1, 0.15) is 11.5 Å². The number of rotatable bonds is 9. The van der Waals surface area contributed by atoms with Crippen molar-refractivity contribution in [3.63, 3.8) is 0 Å². The first-order chi connectivity index (χ1) is 15.4. The zero-order valence-corrected chi connectivity index (χ0v) is 18.1. The number of nitrogens with one attached hydrogen (secondary N) is 1. The fourth-order valence-corrected chi connectivity index (χ4v) is 3.27. The lowest BCUT2D eigenvalue weighted by Gasteiger charge is -2.13. The molecular formula is C22H20F2N2O5S. The van der Waals surface area contributed by atoms with E-state index in [-0.39, 0.29) is 11.7 Å². The average molecular weight is 462 g/mol. The Hall–Kier alpha value is -3.53. The number of carbonyl (C=O) groups is 2. The van der Waals surface area contributed by atoms with Crippen molar-refractivity contribution in [2.75, 3.05) is 18.5 Å². The van der Waals surface area contributed by atoms with Gasteiger partial charge >= 0.3 is 5.97 Å². The van der Waals surface area contributed by atoms with E-state index in [1.54, 1.807) is 29.6 Å². The maximum atomic E-state index is 13.4. The lowest BCUT2D eigenvalue weighted by molar-refractivity contribution is -0.155. The van der Waals surface area contributed by atoms with E-state index in [9.17, 15) is 18.4 Å². The maximum absolute atomic E-state index is 13.4. The van der Waals surface area contributed by atoms with Crippen LogP contribution in [-0.2, 0) is 14.3 Å². The predicted octanol–water partition coefficient (Wildman–Crippen LogP) is 4.44. The van der Waals surface area contributed by atoms with Gasteiger partial charge in [-0.1, -0.05) is 0 Å². The molecule has 3 rings (SSSR count). The molecule has 1 aromatic heterocycles. The predicted molar refractivity (Wildman–Crippen MR) is 115 cm³/mol. The fourth-order valence-electron chi connectivity index (χ4n) is 2.55. The molecule has 10 heteroatoms. The van der Waals surface area contributed by atoms with Crippen LogP contribution in [0, 0.1) is 11.6 Å². The van der Waals surface area contributed by atoms with Gasteiger partial charge in [0.15, 0.2) is 29.5 Å². The Balaban J connectivity index is 1.48. The van der Waals surface area contributed by atoms with Gasteiger partial charge in [-0.2, -0.15) is 0 Å². The summed E-state index contributed by atoms with van der Waals surface area (Å²) in [6.45, 7) is 3.45. The van der Waals surface area contributed by atoms with E-state index in [4.69, 9.17) is 14.2 Å². The van der Waals surface area contributed by atoms with Crippen molar-refractivity contribution in [3.05, 3.63) is 59.5 Å². The molecule has 0 aliphatic heterocycles. The number of aromatic nitrogens is 1. The van der Waals surface area contributed by atoms with Crippen molar-refractivity contribution in [3.8, 4) is 22.8 Å². The highest BCUT2D eigenvalue weighted by Gasteiger charge is 2.20. The highest BCUT2D eigenvalue weighted by molar-refractivity contribution is 7.14.